The van der Waals surface area contributed by atoms with Crippen LogP contribution in [0.4, 0.5) is 5.88 Å². The predicted molar refractivity (Wildman–Crippen MR) is 138 cm³/mol. The summed E-state index contributed by atoms with van der Waals surface area (Å²) in [7, 11) is -2.00. The number of anilines is 1. The standard InChI is InChI=1S/C27H26N4O6S/c1-19-3-10-23(11-4-19)38(32,33)31-15-13-30(14-16-31)27-24(17-28)29-26(37-27)25-12-9-22(36-25)18-35-21-7-5-20(34-2)6-8-21/h3-12H,13-16,18H2,1-2H3. The number of hydrogen-bond acceptors (Lipinski definition) is 9. The first-order valence-electron chi connectivity index (χ1n) is 12.0. The molecule has 11 heteroatoms. The minimum absolute atomic E-state index is 0.113. The van der Waals surface area contributed by atoms with Crippen molar-refractivity contribution in [3.63, 3.8) is 0 Å². The number of aryl methyl sites for hydroxylation is 1. The number of oxazole rings is 1. The van der Waals surface area contributed by atoms with Crippen LogP contribution in [0.2, 0.25) is 0 Å². The van der Waals surface area contributed by atoms with Gasteiger partial charge in [0.05, 0.1) is 12.0 Å². The van der Waals surface area contributed by atoms with E-state index in [1.165, 1.54) is 4.31 Å². The monoisotopic (exact) mass is 534 g/mol. The Hall–Kier alpha value is -4.27. The third-order valence-corrected chi connectivity index (χ3v) is 8.13. The number of hydrogen-bond donors (Lipinski definition) is 0. The highest BCUT2D eigenvalue weighted by molar-refractivity contribution is 7.89. The number of ether oxygens (including phenoxy) is 2. The Kier molecular flexibility index (Phi) is 7.09. The van der Waals surface area contributed by atoms with Gasteiger partial charge < -0.3 is 23.2 Å². The minimum Gasteiger partial charge on any atom is -0.497 e. The lowest BCUT2D eigenvalue weighted by Crippen LogP contribution is -2.48. The van der Waals surface area contributed by atoms with Gasteiger partial charge in [-0.1, -0.05) is 17.7 Å². The molecule has 196 valence electrons. The molecule has 3 heterocycles. The lowest BCUT2D eigenvalue weighted by Gasteiger charge is -2.33. The van der Waals surface area contributed by atoms with Crippen LogP contribution in [0.5, 0.6) is 11.5 Å². The van der Waals surface area contributed by atoms with E-state index in [2.05, 4.69) is 11.1 Å². The number of furan rings is 1. The van der Waals surface area contributed by atoms with Crippen LogP contribution in [0.25, 0.3) is 11.7 Å². The van der Waals surface area contributed by atoms with Gasteiger partial charge in [0.25, 0.3) is 5.89 Å². The molecule has 4 aromatic rings. The largest absolute Gasteiger partial charge is 0.497 e. The van der Waals surface area contributed by atoms with E-state index in [4.69, 9.17) is 18.3 Å². The predicted octanol–water partition coefficient (Wildman–Crippen LogP) is 4.21. The molecule has 1 aliphatic rings. The maximum atomic E-state index is 13.0. The average molecular weight is 535 g/mol. The highest BCUT2D eigenvalue weighted by Crippen LogP contribution is 2.31. The molecule has 0 bridgehead atoms. The molecule has 5 rings (SSSR count). The Bertz CT molecular complexity index is 1540. The Labute approximate surface area is 220 Å². The SMILES string of the molecule is COc1ccc(OCc2ccc(-c3nc(C#N)c(N4CCN(S(=O)(=O)c5ccc(C)cc5)CC4)o3)o2)cc1. The second-order valence-electron chi connectivity index (χ2n) is 8.72. The van der Waals surface area contributed by atoms with Gasteiger partial charge in [0.1, 0.15) is 29.9 Å². The highest BCUT2D eigenvalue weighted by atomic mass is 32.2. The minimum atomic E-state index is -3.60. The quantitative estimate of drug-likeness (QED) is 0.327. The molecule has 1 saturated heterocycles. The van der Waals surface area contributed by atoms with Crippen molar-refractivity contribution < 1.29 is 26.7 Å². The first-order valence-corrected chi connectivity index (χ1v) is 13.4. The van der Waals surface area contributed by atoms with Crippen LogP contribution in [0.1, 0.15) is 17.0 Å². The topological polar surface area (TPSA) is 122 Å². The van der Waals surface area contributed by atoms with Crippen molar-refractivity contribution in [1.29, 1.82) is 5.26 Å². The Morgan fingerprint density at radius 3 is 2.29 bits per heavy atom. The molecule has 1 aliphatic heterocycles. The van der Waals surface area contributed by atoms with Crippen LogP contribution in [-0.4, -0.2) is 51.0 Å². The van der Waals surface area contributed by atoms with Crippen molar-refractivity contribution in [2.75, 3.05) is 38.2 Å². The molecule has 10 nitrogen and oxygen atoms in total. The zero-order valence-corrected chi connectivity index (χ0v) is 21.8. The second-order valence-corrected chi connectivity index (χ2v) is 10.7. The summed E-state index contributed by atoms with van der Waals surface area (Å²) in [5.74, 6) is 2.78. The summed E-state index contributed by atoms with van der Waals surface area (Å²) in [4.78, 5) is 6.39. The fourth-order valence-electron chi connectivity index (χ4n) is 4.09. The van der Waals surface area contributed by atoms with Crippen molar-refractivity contribution in [3.8, 4) is 29.2 Å². The van der Waals surface area contributed by atoms with Crippen LogP contribution in [-0.2, 0) is 16.6 Å². The Morgan fingerprint density at radius 2 is 1.63 bits per heavy atom. The summed E-state index contributed by atoms with van der Waals surface area (Å²) in [6, 6.07) is 19.5. The van der Waals surface area contributed by atoms with Crippen molar-refractivity contribution in [2.45, 2.75) is 18.4 Å². The molecule has 0 saturated carbocycles. The van der Waals surface area contributed by atoms with E-state index in [1.54, 1.807) is 67.8 Å². The number of nitrogens with zero attached hydrogens (tertiary/aromatic N) is 4. The van der Waals surface area contributed by atoms with Gasteiger partial charge in [0, 0.05) is 26.2 Å². The number of sulfonamides is 1. The summed E-state index contributed by atoms with van der Waals surface area (Å²) in [5, 5.41) is 9.65. The van der Waals surface area contributed by atoms with Gasteiger partial charge >= 0.3 is 0 Å². The molecular weight excluding hydrogens is 508 g/mol. The molecule has 1 fully saturated rings. The van der Waals surface area contributed by atoms with E-state index in [0.717, 1.165) is 11.3 Å². The van der Waals surface area contributed by atoms with Crippen LogP contribution >= 0.6 is 0 Å². The first kappa shape index (κ1) is 25.4. The van der Waals surface area contributed by atoms with Crippen molar-refractivity contribution in [2.24, 2.45) is 0 Å². The summed E-state index contributed by atoms with van der Waals surface area (Å²) in [5.41, 5.74) is 1.11. The maximum Gasteiger partial charge on any atom is 0.266 e. The summed E-state index contributed by atoms with van der Waals surface area (Å²) < 4.78 is 50.1. The van der Waals surface area contributed by atoms with Crippen LogP contribution in [0.3, 0.4) is 0 Å². The van der Waals surface area contributed by atoms with E-state index in [0.29, 0.717) is 36.2 Å². The summed E-state index contributed by atoms with van der Waals surface area (Å²) in [6.45, 7) is 3.33. The zero-order chi connectivity index (χ0) is 26.7. The van der Waals surface area contributed by atoms with Gasteiger partial charge in [-0.2, -0.15) is 14.6 Å². The fraction of sp³-hybridized carbons (Fsp3) is 0.259. The first-order chi connectivity index (χ1) is 18.4. The number of piperazine rings is 1. The maximum absolute atomic E-state index is 13.0. The van der Waals surface area contributed by atoms with Crippen molar-refractivity contribution >= 4 is 15.9 Å². The van der Waals surface area contributed by atoms with Gasteiger partial charge in [0.15, 0.2) is 5.76 Å². The molecule has 2 aromatic heterocycles. The lowest BCUT2D eigenvalue weighted by molar-refractivity contribution is 0.270. The number of benzene rings is 2. The lowest BCUT2D eigenvalue weighted by atomic mass is 10.2. The van der Waals surface area contributed by atoms with Gasteiger partial charge in [-0.15, -0.1) is 0 Å². The van der Waals surface area contributed by atoms with Crippen molar-refractivity contribution in [3.05, 3.63) is 77.7 Å². The third-order valence-electron chi connectivity index (χ3n) is 6.21. The van der Waals surface area contributed by atoms with Gasteiger partial charge in [-0.3, -0.25) is 0 Å². The molecule has 0 amide bonds. The Morgan fingerprint density at radius 1 is 0.947 bits per heavy atom. The van der Waals surface area contributed by atoms with E-state index < -0.39 is 10.0 Å². The normalized spacial score (nSPS) is 14.3. The highest BCUT2D eigenvalue weighted by Gasteiger charge is 2.31. The number of rotatable bonds is 8. The summed E-state index contributed by atoms with van der Waals surface area (Å²) in [6.07, 6.45) is 0. The fourth-order valence-corrected chi connectivity index (χ4v) is 5.51. The smallest absolute Gasteiger partial charge is 0.266 e. The van der Waals surface area contributed by atoms with E-state index in [1.807, 2.05) is 11.8 Å². The summed E-state index contributed by atoms with van der Waals surface area (Å²) >= 11 is 0. The number of nitriles is 1. The molecule has 0 spiro atoms. The van der Waals surface area contributed by atoms with Gasteiger partial charge in [-0.05, 0) is 55.5 Å². The van der Waals surface area contributed by atoms with Crippen LogP contribution in [0, 0.1) is 18.3 Å². The van der Waals surface area contributed by atoms with E-state index in [9.17, 15) is 13.7 Å². The molecule has 0 unspecified atom stereocenters. The van der Waals surface area contributed by atoms with Crippen LogP contribution in [0.15, 0.2) is 74.4 Å². The average Bonchev–Trinajstić information content (AvgIpc) is 3.60. The number of methoxy groups -OCH3 is 1. The van der Waals surface area contributed by atoms with Crippen LogP contribution < -0.4 is 14.4 Å². The molecular formula is C27H26N4O6S. The number of aromatic nitrogens is 1. The molecule has 0 N–H and O–H groups in total. The molecule has 2 aromatic carbocycles. The molecule has 0 radical (unpaired) electrons. The van der Waals surface area contributed by atoms with E-state index in [-0.39, 0.29) is 36.2 Å². The van der Waals surface area contributed by atoms with Gasteiger partial charge in [-0.25, -0.2) is 8.42 Å². The molecule has 0 atom stereocenters. The van der Waals surface area contributed by atoms with Crippen molar-refractivity contribution in [1.82, 2.24) is 9.29 Å². The van der Waals surface area contributed by atoms with Gasteiger partial charge in [0.2, 0.25) is 21.6 Å². The second kappa shape index (κ2) is 10.6. The molecule has 0 aliphatic carbocycles. The zero-order valence-electron chi connectivity index (χ0n) is 21.0. The third kappa shape index (κ3) is 5.22. The Balaban J connectivity index is 1.25. The molecule has 38 heavy (non-hydrogen) atoms. The van der Waals surface area contributed by atoms with E-state index >= 15 is 0 Å².